The summed E-state index contributed by atoms with van der Waals surface area (Å²) in [4.78, 5) is 13.1. The van der Waals surface area contributed by atoms with Crippen LogP contribution in [0.25, 0.3) is 0 Å². The van der Waals surface area contributed by atoms with Gasteiger partial charge in [0, 0.05) is 0 Å². The first-order valence-electron chi connectivity index (χ1n) is 26.0. The first kappa shape index (κ1) is 61.3. The highest BCUT2D eigenvalue weighted by molar-refractivity contribution is 7.80. The van der Waals surface area contributed by atoms with Crippen LogP contribution in [-0.2, 0) is 28.9 Å². The number of allylic oxidation sites excluding steroid dienone is 5. The van der Waals surface area contributed by atoms with E-state index in [1.807, 2.05) is 0 Å². The molecular weight excluding hydrogens is 851 g/mol. The maximum Gasteiger partial charge on any atom is 0.397 e. The number of hydrogen-bond acceptors (Lipinski definition) is 11. The van der Waals surface area contributed by atoms with Crippen LogP contribution in [0.2, 0.25) is 0 Å². The van der Waals surface area contributed by atoms with Gasteiger partial charge in [0.25, 0.3) is 0 Å². The van der Waals surface area contributed by atoms with E-state index in [9.17, 15) is 43.3 Å². The Morgan fingerprint density at radius 3 is 1.48 bits per heavy atom. The topological polar surface area (TPSA) is 212 Å². The molecule has 7 N–H and O–H groups in total. The molecule has 1 amide bonds. The molecule has 8 unspecified atom stereocenters. The summed E-state index contributed by atoms with van der Waals surface area (Å²) in [6.45, 7) is 3.21. The van der Waals surface area contributed by atoms with Gasteiger partial charge in [0.2, 0.25) is 5.91 Å². The summed E-state index contributed by atoms with van der Waals surface area (Å²) >= 11 is 0. The summed E-state index contributed by atoms with van der Waals surface area (Å²) in [5.41, 5.74) is 0. The minimum Gasteiger partial charge on any atom is -0.394 e. The molecule has 8 atom stereocenters. The van der Waals surface area contributed by atoms with Gasteiger partial charge in [-0.25, -0.2) is 4.18 Å². The Morgan fingerprint density at radius 2 is 1.03 bits per heavy atom. The van der Waals surface area contributed by atoms with Crippen molar-refractivity contribution < 1.29 is 57.0 Å². The molecule has 13 nitrogen and oxygen atoms in total. The highest BCUT2D eigenvalue weighted by Crippen LogP contribution is 2.26. The molecule has 1 rings (SSSR count). The van der Waals surface area contributed by atoms with Crippen molar-refractivity contribution in [2.45, 2.75) is 268 Å². The maximum atomic E-state index is 13.1. The van der Waals surface area contributed by atoms with E-state index in [0.29, 0.717) is 12.8 Å². The van der Waals surface area contributed by atoms with E-state index in [2.05, 4.69) is 47.7 Å². The molecule has 0 aliphatic carbocycles. The second-order valence-corrected chi connectivity index (χ2v) is 19.3. The van der Waals surface area contributed by atoms with Crippen LogP contribution in [0.3, 0.4) is 0 Å². The number of carbonyl (C=O) groups excluding carboxylic acids is 1. The fourth-order valence-electron chi connectivity index (χ4n) is 8.12. The molecule has 65 heavy (non-hydrogen) atoms. The minimum atomic E-state index is -5.12. The van der Waals surface area contributed by atoms with Crippen LogP contribution >= 0.6 is 0 Å². The number of carbonyl (C=O) groups is 1. The van der Waals surface area contributed by atoms with E-state index in [1.54, 1.807) is 6.08 Å². The van der Waals surface area contributed by atoms with E-state index in [4.69, 9.17) is 9.47 Å². The molecule has 0 radical (unpaired) electrons. The quantitative estimate of drug-likeness (QED) is 0.0173. The monoisotopic (exact) mass is 946 g/mol. The maximum absolute atomic E-state index is 13.1. The van der Waals surface area contributed by atoms with E-state index in [-0.39, 0.29) is 6.42 Å². The van der Waals surface area contributed by atoms with Gasteiger partial charge in [0.05, 0.1) is 25.4 Å². The first-order valence-corrected chi connectivity index (χ1v) is 27.3. The third-order valence-corrected chi connectivity index (χ3v) is 12.7. The number of ether oxygens (including phenoxy) is 2. The molecular formula is C51H95NO12S. The van der Waals surface area contributed by atoms with Crippen LogP contribution < -0.4 is 5.32 Å². The van der Waals surface area contributed by atoms with Gasteiger partial charge < -0.3 is 40.3 Å². The average molecular weight is 946 g/mol. The van der Waals surface area contributed by atoms with Gasteiger partial charge in [-0.15, -0.1) is 0 Å². The largest absolute Gasteiger partial charge is 0.397 e. The lowest BCUT2D eigenvalue weighted by Crippen LogP contribution is -2.61. The van der Waals surface area contributed by atoms with Gasteiger partial charge >= 0.3 is 10.4 Å². The Bertz CT molecular complexity index is 1310. The summed E-state index contributed by atoms with van der Waals surface area (Å²) in [5.74, 6) is -0.716. The first-order chi connectivity index (χ1) is 31.4. The van der Waals surface area contributed by atoms with Gasteiger partial charge in [0.1, 0.15) is 30.5 Å². The molecule has 382 valence electrons. The van der Waals surface area contributed by atoms with Crippen LogP contribution in [-0.4, -0.2) is 107 Å². The van der Waals surface area contributed by atoms with E-state index in [1.165, 1.54) is 128 Å². The lowest BCUT2D eigenvalue weighted by atomic mass is 9.99. The summed E-state index contributed by atoms with van der Waals surface area (Å²) < 4.78 is 47.6. The molecule has 0 spiro atoms. The van der Waals surface area contributed by atoms with Gasteiger partial charge in [-0.3, -0.25) is 9.35 Å². The number of unbranched alkanes of at least 4 members (excludes halogenated alkanes) is 27. The lowest BCUT2D eigenvalue weighted by molar-refractivity contribution is -0.298. The van der Waals surface area contributed by atoms with Crippen LogP contribution in [0.15, 0.2) is 36.5 Å². The van der Waals surface area contributed by atoms with Gasteiger partial charge in [0.15, 0.2) is 6.29 Å². The number of hydrogen-bond donors (Lipinski definition) is 7. The zero-order valence-electron chi connectivity index (χ0n) is 40.7. The van der Waals surface area contributed by atoms with Gasteiger partial charge in [-0.1, -0.05) is 198 Å². The van der Waals surface area contributed by atoms with Crippen molar-refractivity contribution in [3.05, 3.63) is 36.5 Å². The molecule has 14 heteroatoms. The minimum absolute atomic E-state index is 0.230. The summed E-state index contributed by atoms with van der Waals surface area (Å²) in [5, 5.41) is 55.3. The zero-order valence-corrected chi connectivity index (χ0v) is 41.5. The Hall–Kier alpha value is -1.72. The smallest absolute Gasteiger partial charge is 0.394 e. The highest BCUT2D eigenvalue weighted by atomic mass is 32.3. The van der Waals surface area contributed by atoms with Crippen molar-refractivity contribution in [3.8, 4) is 0 Å². The Balaban J connectivity index is 2.51. The number of nitrogens with one attached hydrogen (secondary N) is 1. The molecule has 0 aromatic carbocycles. The Morgan fingerprint density at radius 1 is 0.615 bits per heavy atom. The van der Waals surface area contributed by atoms with Crippen molar-refractivity contribution in [2.24, 2.45) is 0 Å². The number of aliphatic hydroxyl groups excluding tert-OH is 5. The third-order valence-electron chi connectivity index (χ3n) is 12.3. The summed E-state index contributed by atoms with van der Waals surface area (Å²) in [7, 11) is -5.12. The average Bonchev–Trinajstić information content (AvgIpc) is 3.28. The standard InChI is InChI=1S/C51H95NO12S/c1-3-5-7-9-11-13-15-17-19-20-21-22-23-24-26-28-30-32-34-36-38-40-45(55)50(58)52-43(42-62-51-48(57)49(64-65(59,60)61)47(56)46(41-53)63-51)44(54)39-37-35-33-31-29-27-25-18-16-14-12-10-8-6-4-2/h23-24,29,31,37,39,43-49,51,53-57H,3-22,25-28,30,32-36,38,40-42H2,1-2H3,(H,52,58)(H,59,60,61)/b24-23-,31-29+,39-37+. The second kappa shape index (κ2) is 41.3. The van der Waals surface area contributed by atoms with Crippen molar-refractivity contribution in [1.82, 2.24) is 5.32 Å². The third kappa shape index (κ3) is 33.4. The van der Waals surface area contributed by atoms with Gasteiger partial charge in [-0.2, -0.15) is 8.42 Å². The Kier molecular flexibility index (Phi) is 38.9. The molecule has 1 fully saturated rings. The van der Waals surface area contributed by atoms with Crippen molar-refractivity contribution in [2.75, 3.05) is 13.2 Å². The summed E-state index contributed by atoms with van der Waals surface area (Å²) in [6, 6.07) is -1.14. The molecule has 1 aliphatic rings. The molecule has 0 bridgehead atoms. The second-order valence-electron chi connectivity index (χ2n) is 18.2. The van der Waals surface area contributed by atoms with E-state index in [0.717, 1.165) is 64.2 Å². The number of amides is 1. The Labute approximate surface area is 395 Å². The van der Waals surface area contributed by atoms with Crippen LogP contribution in [0.1, 0.15) is 219 Å². The number of aliphatic hydroxyl groups is 5. The SMILES string of the molecule is CCCCCCCCCCC/C=C/CC/C=C/C(O)C(COC1OC(CO)C(O)C(OS(=O)(=O)O)C1O)NC(=O)C(O)CCCCCCCC/C=C\CCCCCCCCCCCCC. The lowest BCUT2D eigenvalue weighted by Gasteiger charge is -2.41. The van der Waals surface area contributed by atoms with Crippen molar-refractivity contribution in [3.63, 3.8) is 0 Å². The van der Waals surface area contributed by atoms with E-state index < -0.39 is 78.5 Å². The van der Waals surface area contributed by atoms with Crippen LogP contribution in [0.5, 0.6) is 0 Å². The van der Waals surface area contributed by atoms with Crippen molar-refractivity contribution in [1.29, 1.82) is 0 Å². The predicted octanol–water partition coefficient (Wildman–Crippen LogP) is 10.0. The molecule has 0 saturated carbocycles. The van der Waals surface area contributed by atoms with Gasteiger partial charge in [-0.05, 0) is 57.8 Å². The molecule has 1 aliphatic heterocycles. The van der Waals surface area contributed by atoms with Crippen LogP contribution in [0, 0.1) is 0 Å². The number of rotatable bonds is 44. The fraction of sp³-hybridized carbons (Fsp3) is 0.863. The molecule has 0 aromatic heterocycles. The summed E-state index contributed by atoms with van der Waals surface area (Å²) in [6.07, 6.45) is 38.0. The molecule has 0 aromatic rings. The normalized spacial score (nSPS) is 20.9. The highest BCUT2D eigenvalue weighted by Gasteiger charge is 2.48. The van der Waals surface area contributed by atoms with E-state index >= 15 is 0 Å². The molecule has 1 heterocycles. The predicted molar refractivity (Wildman–Crippen MR) is 261 cm³/mol. The zero-order chi connectivity index (χ0) is 47.8. The fourth-order valence-corrected chi connectivity index (χ4v) is 8.63. The van der Waals surface area contributed by atoms with Crippen LogP contribution in [0.4, 0.5) is 0 Å². The molecule has 1 saturated heterocycles. The van der Waals surface area contributed by atoms with Crippen molar-refractivity contribution >= 4 is 16.3 Å².